The van der Waals surface area contributed by atoms with E-state index in [-0.39, 0.29) is 0 Å². The number of methoxy groups -OCH3 is 1. The van der Waals surface area contributed by atoms with Gasteiger partial charge in [-0.2, -0.15) is 0 Å². The fourth-order valence-corrected chi connectivity index (χ4v) is 2.77. The quantitative estimate of drug-likeness (QED) is 0.243. The van der Waals surface area contributed by atoms with Gasteiger partial charge in [-0.05, 0) is 0 Å². The fourth-order valence-electron chi connectivity index (χ4n) is 2.77. The largest absolute Gasteiger partial charge is 0.394 e. The van der Waals surface area contributed by atoms with Crippen LogP contribution in [0, 0.1) is 0 Å². The van der Waals surface area contributed by atoms with Crippen molar-refractivity contribution < 1.29 is 54.7 Å². The Labute approximate surface area is 137 Å². The Hall–Kier alpha value is -0.440. The van der Waals surface area contributed by atoms with Gasteiger partial charge in [0.1, 0.15) is 48.8 Å². The van der Waals surface area contributed by atoms with Crippen molar-refractivity contribution in [1.29, 1.82) is 0 Å². The molecule has 142 valence electrons. The van der Waals surface area contributed by atoms with E-state index in [9.17, 15) is 30.6 Å². The SMILES string of the molecule is CO[C@H]1O[C@H](CO)[C@@H](O)[C@H](O[C@@H]2O[C@@H]([C@H](O)CO)[C@H](O)[C@H]2O)[C@@H]1O. The maximum atomic E-state index is 10.1. The summed E-state index contributed by atoms with van der Waals surface area (Å²) in [7, 11) is 1.25. The molecule has 2 aliphatic rings. The van der Waals surface area contributed by atoms with Gasteiger partial charge in [0.05, 0.1) is 13.2 Å². The Morgan fingerprint density at radius 2 is 1.58 bits per heavy atom. The average molecular weight is 356 g/mol. The van der Waals surface area contributed by atoms with Crippen LogP contribution in [-0.4, -0.2) is 117 Å². The van der Waals surface area contributed by atoms with Gasteiger partial charge in [0.25, 0.3) is 0 Å². The molecule has 0 aliphatic carbocycles. The third-order valence-corrected chi connectivity index (χ3v) is 4.17. The lowest BCUT2D eigenvalue weighted by Crippen LogP contribution is -2.61. The van der Waals surface area contributed by atoms with Crippen molar-refractivity contribution >= 4 is 0 Å². The number of ether oxygens (including phenoxy) is 4. The molecule has 10 atom stereocenters. The van der Waals surface area contributed by atoms with E-state index < -0.39 is 74.6 Å². The molecule has 0 bridgehead atoms. The van der Waals surface area contributed by atoms with E-state index in [1.807, 2.05) is 0 Å². The lowest BCUT2D eigenvalue weighted by molar-refractivity contribution is -0.327. The summed E-state index contributed by atoms with van der Waals surface area (Å²) < 4.78 is 20.6. The van der Waals surface area contributed by atoms with E-state index in [1.54, 1.807) is 0 Å². The van der Waals surface area contributed by atoms with E-state index in [2.05, 4.69) is 0 Å². The van der Waals surface area contributed by atoms with Crippen molar-refractivity contribution in [1.82, 2.24) is 0 Å². The third kappa shape index (κ3) is 3.71. The molecule has 11 nitrogen and oxygen atoms in total. The Bertz CT molecular complexity index is 380. The number of aliphatic hydroxyl groups excluding tert-OH is 7. The second-order valence-electron chi connectivity index (χ2n) is 5.74. The second kappa shape index (κ2) is 8.29. The van der Waals surface area contributed by atoms with Crippen molar-refractivity contribution in [2.45, 2.75) is 61.4 Å². The van der Waals surface area contributed by atoms with Gasteiger partial charge in [-0.3, -0.25) is 0 Å². The van der Waals surface area contributed by atoms with Crippen LogP contribution in [0.1, 0.15) is 0 Å². The minimum atomic E-state index is -1.59. The summed E-state index contributed by atoms with van der Waals surface area (Å²) in [5.41, 5.74) is 0. The molecular weight excluding hydrogens is 332 g/mol. The first kappa shape index (κ1) is 19.9. The molecule has 7 N–H and O–H groups in total. The maximum Gasteiger partial charge on any atom is 0.187 e. The van der Waals surface area contributed by atoms with Gasteiger partial charge in [-0.1, -0.05) is 0 Å². The summed E-state index contributed by atoms with van der Waals surface area (Å²) in [6.45, 7) is -1.28. The van der Waals surface area contributed by atoms with Gasteiger partial charge >= 0.3 is 0 Å². The predicted octanol–water partition coefficient (Wildman–Crippen LogP) is -4.74. The predicted molar refractivity (Wildman–Crippen MR) is 73.4 cm³/mol. The zero-order valence-corrected chi connectivity index (χ0v) is 13.0. The number of aliphatic hydroxyl groups is 7. The van der Waals surface area contributed by atoms with E-state index in [0.29, 0.717) is 0 Å². The Morgan fingerprint density at radius 1 is 0.917 bits per heavy atom. The van der Waals surface area contributed by atoms with Gasteiger partial charge in [-0.25, -0.2) is 0 Å². The number of rotatable bonds is 6. The first-order valence-electron chi connectivity index (χ1n) is 7.46. The third-order valence-electron chi connectivity index (χ3n) is 4.17. The van der Waals surface area contributed by atoms with Crippen molar-refractivity contribution in [2.24, 2.45) is 0 Å². The van der Waals surface area contributed by atoms with Gasteiger partial charge in [0.2, 0.25) is 0 Å². The lowest BCUT2D eigenvalue weighted by atomic mass is 9.99. The van der Waals surface area contributed by atoms with E-state index in [4.69, 9.17) is 24.1 Å². The molecule has 0 spiro atoms. The van der Waals surface area contributed by atoms with Gasteiger partial charge < -0.3 is 54.7 Å². The highest BCUT2D eigenvalue weighted by atomic mass is 16.7. The maximum absolute atomic E-state index is 10.1. The van der Waals surface area contributed by atoms with Crippen molar-refractivity contribution in [2.75, 3.05) is 20.3 Å². The van der Waals surface area contributed by atoms with Crippen LogP contribution in [0.25, 0.3) is 0 Å². The van der Waals surface area contributed by atoms with Crippen LogP contribution in [-0.2, 0) is 18.9 Å². The number of hydrogen-bond acceptors (Lipinski definition) is 11. The highest BCUT2D eigenvalue weighted by Crippen LogP contribution is 2.30. The highest BCUT2D eigenvalue weighted by Gasteiger charge is 2.51. The Kier molecular flexibility index (Phi) is 6.87. The monoisotopic (exact) mass is 356 g/mol. The number of hydrogen-bond donors (Lipinski definition) is 7. The van der Waals surface area contributed by atoms with Crippen LogP contribution in [0.3, 0.4) is 0 Å². The summed E-state index contributed by atoms with van der Waals surface area (Å²) in [5, 5.41) is 67.8. The molecule has 0 saturated carbocycles. The topological polar surface area (TPSA) is 179 Å². The summed E-state index contributed by atoms with van der Waals surface area (Å²) in [6.07, 6.45) is -14.0. The molecular formula is C13H24O11. The summed E-state index contributed by atoms with van der Waals surface area (Å²) >= 11 is 0. The van der Waals surface area contributed by atoms with E-state index in [1.165, 1.54) is 7.11 Å². The minimum absolute atomic E-state index is 0.573. The summed E-state index contributed by atoms with van der Waals surface area (Å²) in [5.74, 6) is 0. The second-order valence-corrected chi connectivity index (χ2v) is 5.74. The van der Waals surface area contributed by atoms with Crippen LogP contribution in [0.15, 0.2) is 0 Å². The first-order chi connectivity index (χ1) is 11.3. The molecule has 2 aliphatic heterocycles. The standard InChI is InChI=1S/C13H24O11/c1-21-12-9(20)11(6(17)5(3-15)22-12)24-13-8(19)7(18)10(23-13)4(16)2-14/h4-20H,2-3H2,1H3/t4-,5-,6-,7-,8-,9+,10+,11+,12+,13+/m1/s1. The molecule has 24 heavy (non-hydrogen) atoms. The molecule has 2 fully saturated rings. The van der Waals surface area contributed by atoms with Crippen LogP contribution in [0.5, 0.6) is 0 Å². The molecule has 2 saturated heterocycles. The average Bonchev–Trinajstić information content (AvgIpc) is 2.86. The smallest absolute Gasteiger partial charge is 0.187 e. The van der Waals surface area contributed by atoms with E-state index >= 15 is 0 Å². The van der Waals surface area contributed by atoms with Crippen LogP contribution >= 0.6 is 0 Å². The van der Waals surface area contributed by atoms with Crippen molar-refractivity contribution in [3.8, 4) is 0 Å². The molecule has 2 heterocycles. The highest BCUT2D eigenvalue weighted by molar-refractivity contribution is 4.94. The Balaban J connectivity index is 2.10. The van der Waals surface area contributed by atoms with Crippen LogP contribution < -0.4 is 0 Å². The molecule has 0 aromatic heterocycles. The summed E-state index contributed by atoms with van der Waals surface area (Å²) in [6, 6.07) is 0. The van der Waals surface area contributed by atoms with Crippen LogP contribution in [0.4, 0.5) is 0 Å². The molecule has 0 radical (unpaired) electrons. The van der Waals surface area contributed by atoms with Gasteiger partial charge in [0, 0.05) is 7.11 Å². The molecule has 2 rings (SSSR count). The first-order valence-corrected chi connectivity index (χ1v) is 7.46. The minimum Gasteiger partial charge on any atom is -0.394 e. The molecule has 11 heteroatoms. The van der Waals surface area contributed by atoms with Gasteiger partial charge in [0.15, 0.2) is 12.6 Å². The molecule has 0 unspecified atom stereocenters. The summed E-state index contributed by atoms with van der Waals surface area (Å²) in [4.78, 5) is 0. The fraction of sp³-hybridized carbons (Fsp3) is 1.00. The molecule has 0 aromatic carbocycles. The molecule has 0 aromatic rings. The normalized spacial score (nSPS) is 47.8. The zero-order chi connectivity index (χ0) is 18.0. The van der Waals surface area contributed by atoms with Crippen molar-refractivity contribution in [3.05, 3.63) is 0 Å². The zero-order valence-electron chi connectivity index (χ0n) is 13.0. The van der Waals surface area contributed by atoms with Gasteiger partial charge in [-0.15, -0.1) is 0 Å². The lowest BCUT2D eigenvalue weighted by Gasteiger charge is -2.42. The van der Waals surface area contributed by atoms with E-state index in [0.717, 1.165) is 0 Å². The van der Waals surface area contributed by atoms with Crippen LogP contribution in [0.2, 0.25) is 0 Å². The molecule has 0 amide bonds. The Morgan fingerprint density at radius 3 is 2.12 bits per heavy atom. The van der Waals surface area contributed by atoms with Crippen molar-refractivity contribution in [3.63, 3.8) is 0 Å².